The highest BCUT2D eigenvalue weighted by Crippen LogP contribution is 2.21. The molecule has 0 spiro atoms. The van der Waals surface area contributed by atoms with E-state index in [2.05, 4.69) is 29.2 Å². The van der Waals surface area contributed by atoms with E-state index in [0.717, 1.165) is 13.1 Å². The zero-order valence-electron chi connectivity index (χ0n) is 9.86. The summed E-state index contributed by atoms with van der Waals surface area (Å²) in [6.45, 7) is 2.72. The first-order chi connectivity index (χ1) is 7.83. The van der Waals surface area contributed by atoms with Crippen LogP contribution in [0.2, 0.25) is 0 Å². The van der Waals surface area contributed by atoms with E-state index in [1.165, 1.54) is 24.1 Å². The molecule has 1 fully saturated rings. The summed E-state index contributed by atoms with van der Waals surface area (Å²) in [7, 11) is 1.80. The average Bonchev–Trinajstić information content (AvgIpc) is 2.39. The highest BCUT2D eigenvalue weighted by Gasteiger charge is 2.19. The third-order valence-electron chi connectivity index (χ3n) is 3.22. The molecule has 0 aliphatic carbocycles. The van der Waals surface area contributed by atoms with E-state index in [4.69, 9.17) is 10.5 Å². The van der Waals surface area contributed by atoms with Crippen LogP contribution in [0.3, 0.4) is 0 Å². The maximum Gasteiger partial charge on any atom is 0.0746 e. The Balaban J connectivity index is 2.10. The van der Waals surface area contributed by atoms with E-state index in [1.54, 1.807) is 7.11 Å². The lowest BCUT2D eigenvalue weighted by atomic mass is 10.1. The molecule has 16 heavy (non-hydrogen) atoms. The summed E-state index contributed by atoms with van der Waals surface area (Å²) in [5.41, 5.74) is 8.12. The minimum Gasteiger partial charge on any atom is -0.380 e. The molecule has 0 bridgehead atoms. The highest BCUT2D eigenvalue weighted by atomic mass is 16.5. The number of ether oxygens (including phenoxy) is 1. The number of methoxy groups -OCH3 is 1. The van der Waals surface area contributed by atoms with Gasteiger partial charge in [-0.25, -0.2) is 0 Å². The molecule has 1 saturated heterocycles. The van der Waals surface area contributed by atoms with Crippen LogP contribution in [0.4, 0.5) is 5.69 Å². The number of benzene rings is 1. The van der Waals surface area contributed by atoms with E-state index in [9.17, 15) is 0 Å². The Labute approximate surface area is 97.2 Å². The number of hydrogen-bond acceptors (Lipinski definition) is 3. The maximum absolute atomic E-state index is 5.66. The van der Waals surface area contributed by atoms with Gasteiger partial charge in [0.15, 0.2) is 0 Å². The summed E-state index contributed by atoms with van der Waals surface area (Å²) >= 11 is 0. The average molecular weight is 220 g/mol. The summed E-state index contributed by atoms with van der Waals surface area (Å²) in [5.74, 6) is 0. The molecule has 88 valence electrons. The third-order valence-corrected chi connectivity index (χ3v) is 3.22. The van der Waals surface area contributed by atoms with E-state index < -0.39 is 0 Å². The van der Waals surface area contributed by atoms with Gasteiger partial charge in [-0.05, 0) is 30.5 Å². The van der Waals surface area contributed by atoms with Gasteiger partial charge in [0.05, 0.1) is 6.10 Å². The van der Waals surface area contributed by atoms with E-state index >= 15 is 0 Å². The second-order valence-corrected chi connectivity index (χ2v) is 4.32. The maximum atomic E-state index is 5.66. The van der Waals surface area contributed by atoms with Gasteiger partial charge in [0.2, 0.25) is 0 Å². The van der Waals surface area contributed by atoms with Crippen molar-refractivity contribution < 1.29 is 4.74 Å². The van der Waals surface area contributed by atoms with E-state index in [1.807, 2.05) is 0 Å². The largest absolute Gasteiger partial charge is 0.380 e. The van der Waals surface area contributed by atoms with Crippen molar-refractivity contribution in [2.75, 3.05) is 25.1 Å². The predicted molar refractivity (Wildman–Crippen MR) is 66.6 cm³/mol. The highest BCUT2D eigenvalue weighted by molar-refractivity contribution is 5.49. The molecule has 1 atom stereocenters. The van der Waals surface area contributed by atoms with E-state index in [0.29, 0.717) is 12.6 Å². The standard InChI is InChI=1S/C13H20N2O/c1-16-13-6-3-7-15(10-13)12-5-2-4-11(8-12)9-14/h2,4-5,8,13H,3,6-7,9-10,14H2,1H3. The fraction of sp³-hybridized carbons (Fsp3) is 0.538. The summed E-state index contributed by atoms with van der Waals surface area (Å²) < 4.78 is 5.43. The minimum atomic E-state index is 0.371. The number of hydrogen-bond donors (Lipinski definition) is 1. The second kappa shape index (κ2) is 5.32. The van der Waals surface area contributed by atoms with Gasteiger partial charge in [-0.3, -0.25) is 0 Å². The first-order valence-corrected chi connectivity index (χ1v) is 5.90. The molecule has 1 aliphatic rings. The molecule has 0 saturated carbocycles. The first-order valence-electron chi connectivity index (χ1n) is 5.90. The normalized spacial score (nSPS) is 21.1. The summed E-state index contributed by atoms with van der Waals surface area (Å²) in [4.78, 5) is 2.39. The van der Waals surface area contributed by atoms with Gasteiger partial charge >= 0.3 is 0 Å². The molecule has 0 aromatic heterocycles. The minimum absolute atomic E-state index is 0.371. The molecule has 1 aromatic carbocycles. The van der Waals surface area contributed by atoms with Crippen molar-refractivity contribution in [1.29, 1.82) is 0 Å². The zero-order valence-corrected chi connectivity index (χ0v) is 9.86. The molecule has 2 N–H and O–H groups in total. The second-order valence-electron chi connectivity index (χ2n) is 4.32. The third kappa shape index (κ3) is 2.54. The van der Waals surface area contributed by atoms with Crippen molar-refractivity contribution in [2.45, 2.75) is 25.5 Å². The summed E-state index contributed by atoms with van der Waals surface area (Å²) in [6, 6.07) is 8.48. The van der Waals surface area contributed by atoms with Crippen molar-refractivity contribution in [1.82, 2.24) is 0 Å². The lowest BCUT2D eigenvalue weighted by Gasteiger charge is -2.33. The van der Waals surface area contributed by atoms with Gasteiger partial charge in [0.1, 0.15) is 0 Å². The van der Waals surface area contributed by atoms with Crippen molar-refractivity contribution in [2.24, 2.45) is 5.73 Å². The summed E-state index contributed by atoms with van der Waals surface area (Å²) in [5, 5.41) is 0. The van der Waals surface area contributed by atoms with Crippen LogP contribution in [-0.2, 0) is 11.3 Å². The van der Waals surface area contributed by atoms with Crippen LogP contribution < -0.4 is 10.6 Å². The van der Waals surface area contributed by atoms with Crippen LogP contribution in [0, 0.1) is 0 Å². The molecule has 0 radical (unpaired) electrons. The van der Waals surface area contributed by atoms with Gasteiger partial charge in [-0.1, -0.05) is 12.1 Å². The predicted octanol–water partition coefficient (Wildman–Crippen LogP) is 1.76. The molecule has 1 aromatic rings. The quantitative estimate of drug-likeness (QED) is 0.843. The lowest BCUT2D eigenvalue weighted by molar-refractivity contribution is 0.0893. The van der Waals surface area contributed by atoms with Gasteiger partial charge in [0.25, 0.3) is 0 Å². The number of piperidine rings is 1. The fourth-order valence-electron chi connectivity index (χ4n) is 2.25. The van der Waals surface area contributed by atoms with Crippen LogP contribution in [-0.4, -0.2) is 26.3 Å². The van der Waals surface area contributed by atoms with Gasteiger partial charge in [0, 0.05) is 32.4 Å². The smallest absolute Gasteiger partial charge is 0.0746 e. The Morgan fingerprint density at radius 3 is 3.12 bits per heavy atom. The Bertz CT molecular complexity index is 340. The molecule has 0 amide bonds. The molecule has 3 heteroatoms. The van der Waals surface area contributed by atoms with Crippen LogP contribution in [0.1, 0.15) is 18.4 Å². The number of anilines is 1. The Morgan fingerprint density at radius 1 is 1.50 bits per heavy atom. The molecule has 1 heterocycles. The van der Waals surface area contributed by atoms with Crippen LogP contribution in [0.5, 0.6) is 0 Å². The van der Waals surface area contributed by atoms with E-state index in [-0.39, 0.29) is 0 Å². The van der Waals surface area contributed by atoms with Gasteiger partial charge < -0.3 is 15.4 Å². The van der Waals surface area contributed by atoms with Crippen molar-refractivity contribution in [3.8, 4) is 0 Å². The Hall–Kier alpha value is -1.06. The van der Waals surface area contributed by atoms with Crippen LogP contribution in [0.25, 0.3) is 0 Å². The number of rotatable bonds is 3. The van der Waals surface area contributed by atoms with Crippen LogP contribution in [0.15, 0.2) is 24.3 Å². The molecular weight excluding hydrogens is 200 g/mol. The molecule has 1 aliphatic heterocycles. The SMILES string of the molecule is COC1CCCN(c2cccc(CN)c2)C1. The summed E-state index contributed by atoms with van der Waals surface area (Å²) in [6.07, 6.45) is 2.74. The number of nitrogens with zero attached hydrogens (tertiary/aromatic N) is 1. The van der Waals surface area contributed by atoms with Crippen molar-refractivity contribution in [3.05, 3.63) is 29.8 Å². The monoisotopic (exact) mass is 220 g/mol. The van der Waals surface area contributed by atoms with Gasteiger partial charge in [-0.15, -0.1) is 0 Å². The van der Waals surface area contributed by atoms with Gasteiger partial charge in [-0.2, -0.15) is 0 Å². The van der Waals surface area contributed by atoms with Crippen molar-refractivity contribution >= 4 is 5.69 Å². The fourth-order valence-corrected chi connectivity index (χ4v) is 2.25. The number of nitrogens with two attached hydrogens (primary N) is 1. The molecule has 2 rings (SSSR count). The molecule has 3 nitrogen and oxygen atoms in total. The topological polar surface area (TPSA) is 38.5 Å². The van der Waals surface area contributed by atoms with Crippen molar-refractivity contribution in [3.63, 3.8) is 0 Å². The Morgan fingerprint density at radius 2 is 2.38 bits per heavy atom. The molecular formula is C13H20N2O. The first kappa shape index (κ1) is 11.4. The molecule has 1 unspecified atom stereocenters. The van der Waals surface area contributed by atoms with Crippen LogP contribution >= 0.6 is 0 Å². The zero-order chi connectivity index (χ0) is 11.4. The Kier molecular flexibility index (Phi) is 3.80. The lowest BCUT2D eigenvalue weighted by Crippen LogP contribution is -2.39.